The van der Waals surface area contributed by atoms with Gasteiger partial charge in [-0.3, -0.25) is 4.79 Å². The molecule has 0 unspecified atom stereocenters. The highest BCUT2D eigenvalue weighted by atomic mass is 35.5. The molecule has 3 aromatic carbocycles. The molecule has 0 atom stereocenters. The van der Waals surface area contributed by atoms with Crippen LogP contribution in [0.5, 0.6) is 11.5 Å². The number of ether oxygens (including phenoxy) is 2. The molecule has 0 aliphatic heterocycles. The van der Waals surface area contributed by atoms with Gasteiger partial charge in [-0.1, -0.05) is 49.2 Å². The SMILES string of the molecule is COc1cc(C=Nn2c(C(C)C)nc3ccccc3c2=O)ccc1OC(=O)c1ccc(Cl)cc1Cl. The lowest BCUT2D eigenvalue weighted by atomic mass is 10.2. The van der Waals surface area contributed by atoms with Gasteiger partial charge in [0.1, 0.15) is 5.82 Å². The zero-order valence-electron chi connectivity index (χ0n) is 19.2. The molecule has 0 amide bonds. The van der Waals surface area contributed by atoms with Crippen LogP contribution in [0.4, 0.5) is 0 Å². The number of aromatic nitrogens is 2. The van der Waals surface area contributed by atoms with Gasteiger partial charge in [-0.15, -0.1) is 0 Å². The first-order chi connectivity index (χ1) is 16.8. The molecule has 0 aliphatic rings. The number of nitrogens with zero attached hydrogens (tertiary/aromatic N) is 3. The monoisotopic (exact) mass is 509 g/mol. The zero-order chi connectivity index (χ0) is 25.1. The van der Waals surface area contributed by atoms with Crippen molar-refractivity contribution in [3.8, 4) is 11.5 Å². The number of methoxy groups -OCH3 is 1. The molecular weight excluding hydrogens is 489 g/mol. The standard InChI is InChI=1S/C26H21Cl2N3O4/c1-15(2)24-30-21-7-5-4-6-19(21)25(32)31(24)29-14-16-8-11-22(23(12-16)34-3)35-26(33)18-10-9-17(27)13-20(18)28/h4-15H,1-3H3. The molecule has 0 fully saturated rings. The van der Waals surface area contributed by atoms with E-state index in [-0.39, 0.29) is 27.8 Å². The first-order valence-corrected chi connectivity index (χ1v) is 11.5. The van der Waals surface area contributed by atoms with Crippen LogP contribution >= 0.6 is 23.2 Å². The Morgan fingerprint density at radius 1 is 1.06 bits per heavy atom. The fraction of sp³-hybridized carbons (Fsp3) is 0.154. The average Bonchev–Trinajstić information content (AvgIpc) is 2.83. The summed E-state index contributed by atoms with van der Waals surface area (Å²) < 4.78 is 12.2. The van der Waals surface area contributed by atoms with E-state index in [1.807, 2.05) is 19.9 Å². The molecule has 178 valence electrons. The van der Waals surface area contributed by atoms with E-state index in [9.17, 15) is 9.59 Å². The van der Waals surface area contributed by atoms with Crippen molar-refractivity contribution in [3.05, 3.63) is 98.0 Å². The summed E-state index contributed by atoms with van der Waals surface area (Å²) in [7, 11) is 1.46. The summed E-state index contributed by atoms with van der Waals surface area (Å²) in [5, 5.41) is 5.48. The van der Waals surface area contributed by atoms with E-state index in [1.165, 1.54) is 30.1 Å². The fourth-order valence-corrected chi connectivity index (χ4v) is 3.89. The molecule has 4 aromatic rings. The lowest BCUT2D eigenvalue weighted by Gasteiger charge is -2.12. The number of carbonyl (C=O) groups is 1. The third-order valence-corrected chi connectivity index (χ3v) is 5.71. The van der Waals surface area contributed by atoms with E-state index in [0.717, 1.165) is 0 Å². The second kappa shape index (κ2) is 10.3. The Hall–Kier alpha value is -3.68. The number of rotatable bonds is 6. The first-order valence-electron chi connectivity index (χ1n) is 10.7. The van der Waals surface area contributed by atoms with Crippen molar-refractivity contribution in [1.29, 1.82) is 0 Å². The Balaban J connectivity index is 1.65. The van der Waals surface area contributed by atoms with Crippen molar-refractivity contribution in [2.75, 3.05) is 7.11 Å². The molecule has 0 spiro atoms. The number of benzene rings is 3. The van der Waals surface area contributed by atoms with Gasteiger partial charge in [-0.05, 0) is 54.1 Å². The maximum absolute atomic E-state index is 13.1. The van der Waals surface area contributed by atoms with Crippen LogP contribution in [0, 0.1) is 0 Å². The minimum absolute atomic E-state index is 0.0273. The Morgan fingerprint density at radius 2 is 1.83 bits per heavy atom. The predicted molar refractivity (Wildman–Crippen MR) is 137 cm³/mol. The second-order valence-corrected chi connectivity index (χ2v) is 8.77. The summed E-state index contributed by atoms with van der Waals surface area (Å²) in [6, 6.07) is 16.6. The smallest absolute Gasteiger partial charge is 0.345 e. The van der Waals surface area contributed by atoms with E-state index in [1.54, 1.807) is 42.5 Å². The lowest BCUT2D eigenvalue weighted by Crippen LogP contribution is -2.23. The molecule has 4 rings (SSSR count). The maximum atomic E-state index is 13.1. The molecule has 0 bridgehead atoms. The summed E-state index contributed by atoms with van der Waals surface area (Å²) in [5.74, 6) is 0.373. The third-order valence-electron chi connectivity index (χ3n) is 5.16. The fourth-order valence-electron chi connectivity index (χ4n) is 3.41. The largest absolute Gasteiger partial charge is 0.493 e. The summed E-state index contributed by atoms with van der Waals surface area (Å²) in [6.45, 7) is 3.89. The van der Waals surface area contributed by atoms with Crippen LogP contribution in [-0.4, -0.2) is 29.0 Å². The van der Waals surface area contributed by atoms with Crippen molar-refractivity contribution >= 4 is 46.3 Å². The van der Waals surface area contributed by atoms with E-state index >= 15 is 0 Å². The van der Waals surface area contributed by atoms with Gasteiger partial charge in [0.25, 0.3) is 5.56 Å². The van der Waals surface area contributed by atoms with Crippen molar-refractivity contribution in [1.82, 2.24) is 9.66 Å². The van der Waals surface area contributed by atoms with Crippen molar-refractivity contribution < 1.29 is 14.3 Å². The Morgan fingerprint density at radius 3 is 2.54 bits per heavy atom. The van der Waals surface area contributed by atoms with Crippen LogP contribution in [-0.2, 0) is 0 Å². The number of esters is 1. The molecule has 1 aromatic heterocycles. The summed E-state index contributed by atoms with van der Waals surface area (Å²) in [5.41, 5.74) is 1.17. The van der Waals surface area contributed by atoms with E-state index in [4.69, 9.17) is 32.7 Å². The Labute approximate surface area is 211 Å². The van der Waals surface area contributed by atoms with Crippen LogP contribution in [0.1, 0.15) is 41.5 Å². The minimum atomic E-state index is -0.651. The molecule has 35 heavy (non-hydrogen) atoms. The van der Waals surface area contributed by atoms with Crippen molar-refractivity contribution in [3.63, 3.8) is 0 Å². The van der Waals surface area contributed by atoms with Gasteiger partial charge in [0.05, 0.1) is 34.8 Å². The summed E-state index contributed by atoms with van der Waals surface area (Å²) in [6.07, 6.45) is 1.52. The third kappa shape index (κ3) is 5.21. The topological polar surface area (TPSA) is 82.8 Å². The second-order valence-electron chi connectivity index (χ2n) is 7.93. The maximum Gasteiger partial charge on any atom is 0.345 e. The number of fused-ring (bicyclic) bond motifs is 1. The number of hydrogen-bond acceptors (Lipinski definition) is 6. The highest BCUT2D eigenvalue weighted by Gasteiger charge is 2.17. The molecular formula is C26H21Cl2N3O4. The number of hydrogen-bond donors (Lipinski definition) is 0. The molecule has 7 nitrogen and oxygen atoms in total. The molecule has 9 heteroatoms. The zero-order valence-corrected chi connectivity index (χ0v) is 20.7. The normalized spacial score (nSPS) is 11.4. The summed E-state index contributed by atoms with van der Waals surface area (Å²) in [4.78, 5) is 30.3. The van der Waals surface area contributed by atoms with Crippen LogP contribution in [0.15, 0.2) is 70.6 Å². The van der Waals surface area contributed by atoms with Gasteiger partial charge in [-0.2, -0.15) is 9.78 Å². The lowest BCUT2D eigenvalue weighted by molar-refractivity contribution is 0.0730. The van der Waals surface area contributed by atoms with Crippen LogP contribution in [0.3, 0.4) is 0 Å². The molecule has 0 saturated carbocycles. The predicted octanol–water partition coefficient (Wildman–Crippen LogP) is 5.94. The van der Waals surface area contributed by atoms with Crippen LogP contribution in [0.2, 0.25) is 10.0 Å². The molecule has 0 aliphatic carbocycles. The first kappa shape index (κ1) is 24.4. The van der Waals surface area contributed by atoms with Crippen molar-refractivity contribution in [2.45, 2.75) is 19.8 Å². The molecule has 0 N–H and O–H groups in total. The quantitative estimate of drug-likeness (QED) is 0.182. The molecule has 1 heterocycles. The van der Waals surface area contributed by atoms with Crippen LogP contribution in [0.25, 0.3) is 10.9 Å². The van der Waals surface area contributed by atoms with Gasteiger partial charge in [0.15, 0.2) is 11.5 Å². The highest BCUT2D eigenvalue weighted by Crippen LogP contribution is 2.30. The van der Waals surface area contributed by atoms with Gasteiger partial charge >= 0.3 is 5.97 Å². The van der Waals surface area contributed by atoms with Gasteiger partial charge < -0.3 is 9.47 Å². The number of halogens is 2. The average molecular weight is 510 g/mol. The highest BCUT2D eigenvalue weighted by molar-refractivity contribution is 6.36. The van der Waals surface area contributed by atoms with Gasteiger partial charge in [0.2, 0.25) is 0 Å². The Bertz CT molecular complexity index is 1510. The number of para-hydroxylation sites is 1. The molecule has 0 radical (unpaired) electrons. The van der Waals surface area contributed by atoms with Crippen LogP contribution < -0.4 is 15.0 Å². The number of carbonyl (C=O) groups excluding carboxylic acids is 1. The Kier molecular flexibility index (Phi) is 7.19. The van der Waals surface area contributed by atoms with E-state index in [2.05, 4.69) is 10.1 Å². The van der Waals surface area contributed by atoms with E-state index in [0.29, 0.717) is 33.1 Å². The van der Waals surface area contributed by atoms with Gasteiger partial charge in [-0.25, -0.2) is 9.78 Å². The van der Waals surface area contributed by atoms with Crippen molar-refractivity contribution in [2.24, 2.45) is 5.10 Å². The van der Waals surface area contributed by atoms with Gasteiger partial charge in [0, 0.05) is 10.9 Å². The van der Waals surface area contributed by atoms with E-state index < -0.39 is 5.97 Å². The molecule has 0 saturated heterocycles. The summed E-state index contributed by atoms with van der Waals surface area (Å²) >= 11 is 12.0. The minimum Gasteiger partial charge on any atom is -0.493 e.